The fourth-order valence-corrected chi connectivity index (χ4v) is 3.77. The zero-order chi connectivity index (χ0) is 19.1. The summed E-state index contributed by atoms with van der Waals surface area (Å²) in [6.07, 6.45) is 1.97. The normalized spacial score (nSPS) is 11.6. The zero-order valence-electron chi connectivity index (χ0n) is 14.8. The Morgan fingerprint density at radius 3 is 2.41 bits per heavy atom. The maximum atomic E-state index is 12.4. The lowest BCUT2D eigenvalue weighted by Crippen LogP contribution is -2.32. The van der Waals surface area contributed by atoms with Gasteiger partial charge in [-0.2, -0.15) is 0 Å². The Morgan fingerprint density at radius 1 is 1.04 bits per heavy atom. The van der Waals surface area contributed by atoms with Crippen LogP contribution in [0.15, 0.2) is 77.0 Å². The third-order valence-corrected chi connectivity index (χ3v) is 5.61. The van der Waals surface area contributed by atoms with E-state index in [0.29, 0.717) is 5.56 Å². The summed E-state index contributed by atoms with van der Waals surface area (Å²) in [6.45, 7) is -0.322. The van der Waals surface area contributed by atoms with E-state index in [1.807, 2.05) is 66.2 Å². The van der Waals surface area contributed by atoms with Gasteiger partial charge in [0.25, 0.3) is 5.91 Å². The summed E-state index contributed by atoms with van der Waals surface area (Å²) < 4.78 is 5.16. The topological polar surface area (TPSA) is 55.4 Å². The lowest BCUT2D eigenvalue weighted by atomic mass is 10.1. The molecule has 1 amide bonds. The highest BCUT2D eigenvalue weighted by Gasteiger charge is 2.19. The summed E-state index contributed by atoms with van der Waals surface area (Å²) in [7, 11) is 0. The van der Waals surface area contributed by atoms with Crippen molar-refractivity contribution < 1.29 is 14.3 Å². The lowest BCUT2D eigenvalue weighted by molar-refractivity contribution is -0.124. The Morgan fingerprint density at radius 2 is 1.78 bits per heavy atom. The number of thioether (sulfide) groups is 1. The van der Waals surface area contributed by atoms with E-state index in [-0.39, 0.29) is 18.6 Å². The molecular formula is C21H19NO3S2. The van der Waals surface area contributed by atoms with E-state index >= 15 is 0 Å². The average Bonchev–Trinajstić information content (AvgIpc) is 3.25. The molecule has 0 spiro atoms. The number of rotatable bonds is 7. The van der Waals surface area contributed by atoms with Gasteiger partial charge in [0.1, 0.15) is 0 Å². The van der Waals surface area contributed by atoms with E-state index in [9.17, 15) is 9.59 Å². The molecule has 0 aliphatic heterocycles. The average molecular weight is 398 g/mol. The number of esters is 1. The van der Waals surface area contributed by atoms with E-state index in [4.69, 9.17) is 4.74 Å². The van der Waals surface area contributed by atoms with Crippen LogP contribution in [-0.4, -0.2) is 24.7 Å². The quantitative estimate of drug-likeness (QED) is 0.470. The first-order valence-corrected chi connectivity index (χ1v) is 10.5. The van der Waals surface area contributed by atoms with Crippen LogP contribution in [0.4, 0.5) is 0 Å². The van der Waals surface area contributed by atoms with Crippen molar-refractivity contribution in [1.29, 1.82) is 0 Å². The van der Waals surface area contributed by atoms with Crippen LogP contribution in [0.1, 0.15) is 26.8 Å². The van der Waals surface area contributed by atoms with E-state index in [2.05, 4.69) is 5.32 Å². The van der Waals surface area contributed by atoms with Crippen LogP contribution < -0.4 is 5.32 Å². The molecule has 0 bridgehead atoms. The van der Waals surface area contributed by atoms with Crippen molar-refractivity contribution in [2.45, 2.75) is 10.9 Å². The van der Waals surface area contributed by atoms with Gasteiger partial charge < -0.3 is 10.1 Å². The van der Waals surface area contributed by atoms with Gasteiger partial charge in [0.15, 0.2) is 6.61 Å². The van der Waals surface area contributed by atoms with Gasteiger partial charge in [-0.1, -0.05) is 36.4 Å². The summed E-state index contributed by atoms with van der Waals surface area (Å²) in [5.74, 6) is -0.850. The minimum Gasteiger partial charge on any atom is -0.452 e. The molecule has 3 aromatic rings. The molecule has 0 saturated heterocycles. The number of amides is 1. The van der Waals surface area contributed by atoms with Gasteiger partial charge in [-0.25, -0.2) is 4.79 Å². The summed E-state index contributed by atoms with van der Waals surface area (Å²) >= 11 is 3.16. The molecule has 1 heterocycles. The Labute approximate surface area is 166 Å². The van der Waals surface area contributed by atoms with Gasteiger partial charge >= 0.3 is 5.97 Å². The van der Waals surface area contributed by atoms with E-state index in [0.717, 1.165) is 15.3 Å². The second-order valence-electron chi connectivity index (χ2n) is 5.73. The van der Waals surface area contributed by atoms with Crippen LogP contribution in [0.5, 0.6) is 0 Å². The van der Waals surface area contributed by atoms with Gasteiger partial charge in [0, 0.05) is 9.77 Å². The van der Waals surface area contributed by atoms with Crippen LogP contribution in [-0.2, 0) is 9.53 Å². The Balaban J connectivity index is 1.61. The number of hydrogen-bond acceptors (Lipinski definition) is 5. The van der Waals surface area contributed by atoms with Crippen LogP contribution >= 0.6 is 23.1 Å². The van der Waals surface area contributed by atoms with Crippen LogP contribution in [0, 0.1) is 0 Å². The van der Waals surface area contributed by atoms with Gasteiger partial charge in [0.05, 0.1) is 11.6 Å². The summed E-state index contributed by atoms with van der Waals surface area (Å²) in [5, 5.41) is 4.92. The minimum absolute atomic E-state index is 0.265. The highest BCUT2D eigenvalue weighted by Crippen LogP contribution is 2.25. The highest BCUT2D eigenvalue weighted by molar-refractivity contribution is 7.98. The first-order chi connectivity index (χ1) is 13.2. The molecule has 1 aromatic heterocycles. The Kier molecular flexibility index (Phi) is 6.68. The van der Waals surface area contributed by atoms with Crippen molar-refractivity contribution in [2.75, 3.05) is 12.9 Å². The van der Waals surface area contributed by atoms with Gasteiger partial charge in [-0.15, -0.1) is 23.1 Å². The number of carbonyl (C=O) groups excluding carboxylic acids is 2. The van der Waals surface area contributed by atoms with Crippen molar-refractivity contribution in [3.63, 3.8) is 0 Å². The van der Waals surface area contributed by atoms with Crippen LogP contribution in [0.2, 0.25) is 0 Å². The minimum atomic E-state index is -0.509. The molecule has 0 saturated carbocycles. The largest absolute Gasteiger partial charge is 0.452 e. The molecule has 4 nitrogen and oxygen atoms in total. The second kappa shape index (κ2) is 9.39. The van der Waals surface area contributed by atoms with E-state index < -0.39 is 5.97 Å². The maximum absolute atomic E-state index is 12.4. The fourth-order valence-electron chi connectivity index (χ4n) is 2.56. The maximum Gasteiger partial charge on any atom is 0.338 e. The van der Waals surface area contributed by atoms with E-state index in [1.54, 1.807) is 35.2 Å². The molecule has 2 aromatic carbocycles. The molecule has 1 atom stereocenters. The molecule has 0 aliphatic carbocycles. The SMILES string of the molecule is CSc1ccc(C(=O)OCC(=O)N[C@H](c2ccccc2)c2cccs2)cc1. The number of ether oxygens (including phenoxy) is 1. The molecule has 0 fully saturated rings. The van der Waals surface area contributed by atoms with Crippen molar-refractivity contribution in [3.05, 3.63) is 88.1 Å². The van der Waals surface area contributed by atoms with Crippen molar-refractivity contribution in [2.24, 2.45) is 0 Å². The Bertz CT molecular complexity index is 878. The molecule has 6 heteroatoms. The van der Waals surface area contributed by atoms with Crippen molar-refractivity contribution in [3.8, 4) is 0 Å². The standard InChI is InChI=1S/C21H19NO3S2/c1-26-17-11-9-16(10-12-17)21(24)25-14-19(23)22-20(18-8-5-13-27-18)15-6-3-2-4-7-15/h2-13,20H,14H2,1H3,(H,22,23)/t20-/m1/s1. The molecular weight excluding hydrogens is 378 g/mol. The van der Waals surface area contributed by atoms with Crippen LogP contribution in [0.25, 0.3) is 0 Å². The summed E-state index contributed by atoms with van der Waals surface area (Å²) in [6, 6.07) is 20.5. The number of carbonyl (C=O) groups is 2. The number of thiophene rings is 1. The molecule has 3 rings (SSSR count). The third-order valence-electron chi connectivity index (χ3n) is 3.93. The monoisotopic (exact) mass is 397 g/mol. The fraction of sp³-hybridized carbons (Fsp3) is 0.143. The number of benzene rings is 2. The lowest BCUT2D eigenvalue weighted by Gasteiger charge is -2.18. The predicted octanol–water partition coefficient (Wildman–Crippen LogP) is 4.53. The first-order valence-electron chi connectivity index (χ1n) is 8.36. The number of nitrogens with one attached hydrogen (secondary N) is 1. The summed E-state index contributed by atoms with van der Waals surface area (Å²) in [5.41, 5.74) is 1.41. The second-order valence-corrected chi connectivity index (χ2v) is 7.59. The molecule has 0 aliphatic rings. The molecule has 0 unspecified atom stereocenters. The molecule has 138 valence electrons. The van der Waals surface area contributed by atoms with Gasteiger partial charge in [0.2, 0.25) is 0 Å². The first kappa shape index (κ1) is 19.2. The zero-order valence-corrected chi connectivity index (χ0v) is 16.4. The Hall–Kier alpha value is -2.57. The van der Waals surface area contributed by atoms with Gasteiger partial charge in [-0.05, 0) is 47.5 Å². The highest BCUT2D eigenvalue weighted by atomic mass is 32.2. The molecule has 1 N–H and O–H groups in total. The predicted molar refractivity (Wildman–Crippen MR) is 109 cm³/mol. The van der Waals surface area contributed by atoms with E-state index in [1.165, 1.54) is 0 Å². The third kappa shape index (κ3) is 5.21. The van der Waals surface area contributed by atoms with Crippen molar-refractivity contribution >= 4 is 35.0 Å². The number of hydrogen-bond donors (Lipinski definition) is 1. The smallest absolute Gasteiger partial charge is 0.338 e. The van der Waals surface area contributed by atoms with Crippen molar-refractivity contribution in [1.82, 2.24) is 5.32 Å². The van der Waals surface area contributed by atoms with Crippen LogP contribution in [0.3, 0.4) is 0 Å². The summed E-state index contributed by atoms with van der Waals surface area (Å²) in [4.78, 5) is 26.6. The molecule has 0 radical (unpaired) electrons. The van der Waals surface area contributed by atoms with Gasteiger partial charge in [-0.3, -0.25) is 4.79 Å². The molecule has 27 heavy (non-hydrogen) atoms.